The molecule has 1 unspecified atom stereocenters. The molecule has 17 heavy (non-hydrogen) atoms. The van der Waals surface area contributed by atoms with Crippen molar-refractivity contribution in [1.29, 1.82) is 5.26 Å². The highest BCUT2D eigenvalue weighted by Gasteiger charge is 2.25. The van der Waals surface area contributed by atoms with Gasteiger partial charge in [0.2, 0.25) is 0 Å². The molecule has 5 heteroatoms. The van der Waals surface area contributed by atoms with Gasteiger partial charge in [-0.2, -0.15) is 15.5 Å². The third kappa shape index (κ3) is 2.24. The summed E-state index contributed by atoms with van der Waals surface area (Å²) in [7, 11) is 0. The van der Waals surface area contributed by atoms with E-state index in [4.69, 9.17) is 16.9 Å². The van der Waals surface area contributed by atoms with Crippen molar-refractivity contribution in [2.75, 3.05) is 5.88 Å². The van der Waals surface area contributed by atoms with Gasteiger partial charge in [0.05, 0.1) is 23.4 Å². The Balaban J connectivity index is 2.36. The van der Waals surface area contributed by atoms with E-state index in [9.17, 15) is 4.79 Å². The molecule has 84 valence electrons. The van der Waals surface area contributed by atoms with E-state index in [1.54, 1.807) is 24.3 Å². The molecule has 1 aromatic rings. The monoisotopic (exact) mass is 245 g/mol. The number of hydrogen-bond donors (Lipinski definition) is 0. The van der Waals surface area contributed by atoms with Crippen LogP contribution in [-0.2, 0) is 4.79 Å². The van der Waals surface area contributed by atoms with Crippen molar-refractivity contribution in [3.63, 3.8) is 0 Å². The summed E-state index contributed by atoms with van der Waals surface area (Å²) in [6.07, 6.45) is 1.47. The fourth-order valence-electron chi connectivity index (χ4n) is 1.60. The molecule has 2 rings (SSSR count). The van der Waals surface area contributed by atoms with Crippen LogP contribution in [0.25, 0.3) is 0 Å². The Hall–Kier alpha value is -1.99. The molecule has 0 fully saturated rings. The van der Waals surface area contributed by atoms with E-state index in [1.807, 2.05) is 6.07 Å². The summed E-state index contributed by atoms with van der Waals surface area (Å²) in [5, 5.41) is 16.3. The van der Waals surface area contributed by atoms with Crippen LogP contribution >= 0.6 is 11.6 Å². The molecule has 0 amide bonds. The molecule has 0 saturated carbocycles. The lowest BCUT2D eigenvalue weighted by molar-refractivity contribution is -0.113. The van der Waals surface area contributed by atoms with Crippen molar-refractivity contribution >= 4 is 29.3 Å². The van der Waals surface area contributed by atoms with Gasteiger partial charge in [-0.3, -0.25) is 4.79 Å². The summed E-state index contributed by atoms with van der Waals surface area (Å²) in [6, 6.07) is 8.91. The van der Waals surface area contributed by atoms with Crippen molar-refractivity contribution < 1.29 is 4.79 Å². The maximum atomic E-state index is 12.0. The van der Waals surface area contributed by atoms with Crippen LogP contribution in [0.5, 0.6) is 0 Å². The van der Waals surface area contributed by atoms with Crippen LogP contribution < -0.4 is 0 Å². The number of benzene rings is 1. The minimum absolute atomic E-state index is 0.0462. The Morgan fingerprint density at radius 1 is 1.47 bits per heavy atom. The van der Waals surface area contributed by atoms with E-state index in [2.05, 4.69) is 10.2 Å². The van der Waals surface area contributed by atoms with Crippen LogP contribution in [0, 0.1) is 11.3 Å². The zero-order valence-corrected chi connectivity index (χ0v) is 9.55. The quantitative estimate of drug-likeness (QED) is 0.747. The van der Waals surface area contributed by atoms with Gasteiger partial charge in [0, 0.05) is 6.21 Å². The number of ketones is 1. The molecule has 0 saturated heterocycles. The maximum Gasteiger partial charge on any atom is 0.193 e. The first-order valence-electron chi connectivity index (χ1n) is 4.96. The van der Waals surface area contributed by atoms with Gasteiger partial charge in [-0.1, -0.05) is 12.1 Å². The summed E-state index contributed by atoms with van der Waals surface area (Å²) in [5.41, 5.74) is 1.50. The molecule has 0 bridgehead atoms. The van der Waals surface area contributed by atoms with Gasteiger partial charge in [0.25, 0.3) is 0 Å². The molecule has 1 aliphatic rings. The number of halogens is 1. The smallest absolute Gasteiger partial charge is 0.193 e. The molecular formula is C12H8ClN3O. The van der Waals surface area contributed by atoms with E-state index in [0.717, 1.165) is 5.56 Å². The highest BCUT2D eigenvalue weighted by molar-refractivity contribution is 6.52. The molecule has 1 atom stereocenters. The molecule has 1 aliphatic heterocycles. The molecule has 0 spiro atoms. The topological polar surface area (TPSA) is 65.6 Å². The number of nitrogens with zero attached hydrogens (tertiary/aromatic N) is 3. The average molecular weight is 246 g/mol. The molecule has 4 nitrogen and oxygen atoms in total. The molecule has 0 radical (unpaired) electrons. The number of rotatable bonds is 2. The van der Waals surface area contributed by atoms with E-state index in [0.29, 0.717) is 5.56 Å². The Labute approximate surface area is 103 Å². The summed E-state index contributed by atoms with van der Waals surface area (Å²) in [5.74, 6) is -0.607. The zero-order valence-electron chi connectivity index (χ0n) is 8.80. The van der Waals surface area contributed by atoms with E-state index >= 15 is 0 Å². The van der Waals surface area contributed by atoms with Gasteiger partial charge in [0.15, 0.2) is 5.78 Å². The average Bonchev–Trinajstić information content (AvgIpc) is 2.39. The lowest BCUT2D eigenvalue weighted by Crippen LogP contribution is -2.27. The van der Waals surface area contributed by atoms with Crippen molar-refractivity contribution in [2.45, 2.75) is 5.92 Å². The number of nitriles is 1. The Morgan fingerprint density at radius 3 is 3.00 bits per heavy atom. The molecule has 0 aliphatic carbocycles. The second kappa shape index (κ2) is 4.89. The molecular weight excluding hydrogens is 238 g/mol. The fourth-order valence-corrected chi connectivity index (χ4v) is 1.78. The normalized spacial score (nSPS) is 18.7. The Kier molecular flexibility index (Phi) is 3.31. The molecule has 0 aromatic heterocycles. The van der Waals surface area contributed by atoms with Gasteiger partial charge in [-0.25, -0.2) is 0 Å². The second-order valence-electron chi connectivity index (χ2n) is 3.52. The van der Waals surface area contributed by atoms with Crippen LogP contribution in [0.1, 0.15) is 17.0 Å². The standard InChI is InChI=1S/C12H8ClN3O/c13-5-11-12(17)10(7-15-16-11)9-3-1-2-8(4-9)6-14/h1-4,7,10H,5H2. The lowest BCUT2D eigenvalue weighted by atomic mass is 9.92. The van der Waals surface area contributed by atoms with Gasteiger partial charge in [-0.05, 0) is 17.7 Å². The summed E-state index contributed by atoms with van der Waals surface area (Å²) >= 11 is 5.61. The predicted molar refractivity (Wildman–Crippen MR) is 65.6 cm³/mol. The number of carbonyl (C=O) groups excluding carboxylic acids is 1. The minimum atomic E-state index is -0.491. The van der Waals surface area contributed by atoms with E-state index in [-0.39, 0.29) is 17.4 Å². The Morgan fingerprint density at radius 2 is 2.29 bits per heavy atom. The van der Waals surface area contributed by atoms with Gasteiger partial charge < -0.3 is 0 Å². The first-order chi connectivity index (χ1) is 8.26. The molecule has 1 aromatic carbocycles. The van der Waals surface area contributed by atoms with Crippen LogP contribution in [0.15, 0.2) is 34.5 Å². The lowest BCUT2D eigenvalue weighted by Gasteiger charge is -2.14. The number of alkyl halides is 1. The van der Waals surface area contributed by atoms with Crippen molar-refractivity contribution in [2.24, 2.45) is 10.2 Å². The zero-order chi connectivity index (χ0) is 12.3. The summed E-state index contributed by atoms with van der Waals surface area (Å²) in [4.78, 5) is 12.0. The van der Waals surface area contributed by atoms with Crippen molar-refractivity contribution in [1.82, 2.24) is 0 Å². The summed E-state index contributed by atoms with van der Waals surface area (Å²) in [6.45, 7) is 0. The SMILES string of the molecule is N#Cc1cccc(C2C=NN=C(CCl)C2=O)c1. The summed E-state index contributed by atoms with van der Waals surface area (Å²) < 4.78 is 0. The van der Waals surface area contributed by atoms with E-state index in [1.165, 1.54) is 6.21 Å². The van der Waals surface area contributed by atoms with Crippen molar-refractivity contribution in [3.05, 3.63) is 35.4 Å². The maximum absolute atomic E-state index is 12.0. The molecule has 0 N–H and O–H groups in total. The van der Waals surface area contributed by atoms with Crippen LogP contribution in [0.2, 0.25) is 0 Å². The largest absolute Gasteiger partial charge is 0.292 e. The number of Topliss-reactive ketones (excluding diaryl/α,β-unsaturated/α-hetero) is 1. The number of carbonyl (C=O) groups is 1. The van der Waals surface area contributed by atoms with Gasteiger partial charge in [-0.15, -0.1) is 11.6 Å². The predicted octanol–water partition coefficient (Wildman–Crippen LogP) is 1.89. The van der Waals surface area contributed by atoms with Gasteiger partial charge in [0.1, 0.15) is 5.71 Å². The fraction of sp³-hybridized carbons (Fsp3) is 0.167. The van der Waals surface area contributed by atoms with Crippen molar-refractivity contribution in [3.8, 4) is 6.07 Å². The van der Waals surface area contributed by atoms with E-state index < -0.39 is 5.92 Å². The van der Waals surface area contributed by atoms with Crippen LogP contribution in [0.4, 0.5) is 0 Å². The van der Waals surface area contributed by atoms with Gasteiger partial charge >= 0.3 is 0 Å². The highest BCUT2D eigenvalue weighted by Crippen LogP contribution is 2.19. The first-order valence-corrected chi connectivity index (χ1v) is 5.50. The third-order valence-electron chi connectivity index (χ3n) is 2.46. The molecule has 1 heterocycles. The first kappa shape index (κ1) is 11.5. The number of hydrogen-bond acceptors (Lipinski definition) is 4. The third-order valence-corrected chi connectivity index (χ3v) is 2.72. The minimum Gasteiger partial charge on any atom is -0.292 e. The highest BCUT2D eigenvalue weighted by atomic mass is 35.5. The van der Waals surface area contributed by atoms with Crippen LogP contribution in [-0.4, -0.2) is 23.6 Å². The van der Waals surface area contributed by atoms with Crippen LogP contribution in [0.3, 0.4) is 0 Å². The second-order valence-corrected chi connectivity index (χ2v) is 3.79. The Bertz CT molecular complexity index is 557.